The van der Waals surface area contributed by atoms with Crippen molar-refractivity contribution in [3.8, 4) is 11.5 Å². The molecule has 0 saturated carbocycles. The Morgan fingerprint density at radius 1 is 1.05 bits per heavy atom. The minimum Gasteiger partial charge on any atom is -0.493 e. The summed E-state index contributed by atoms with van der Waals surface area (Å²) in [5, 5.41) is 0. The van der Waals surface area contributed by atoms with Gasteiger partial charge in [-0.15, -0.1) is 0 Å². The van der Waals surface area contributed by atoms with Gasteiger partial charge in [0.15, 0.2) is 11.5 Å². The van der Waals surface area contributed by atoms with E-state index < -0.39 is 7.60 Å². The van der Waals surface area contributed by atoms with E-state index in [1.54, 1.807) is 46.3 Å². The van der Waals surface area contributed by atoms with Crippen LogP contribution < -0.4 is 9.47 Å². The van der Waals surface area contributed by atoms with E-state index in [0.717, 1.165) is 5.56 Å². The lowest BCUT2D eigenvalue weighted by Gasteiger charge is -2.12. The average Bonchev–Trinajstić information content (AvgIpc) is 2.45. The van der Waals surface area contributed by atoms with E-state index in [-0.39, 0.29) is 0 Å². The molecule has 0 bridgehead atoms. The van der Waals surface area contributed by atoms with E-state index in [1.807, 2.05) is 6.07 Å². The van der Waals surface area contributed by atoms with Crippen LogP contribution in [0.1, 0.15) is 19.4 Å². The Labute approximate surface area is 120 Å². The molecular formula is C14H21O5P. The van der Waals surface area contributed by atoms with Crippen molar-refractivity contribution >= 4 is 13.7 Å². The number of rotatable bonds is 8. The van der Waals surface area contributed by atoms with Crippen LogP contribution >= 0.6 is 7.60 Å². The monoisotopic (exact) mass is 300 g/mol. The zero-order valence-electron chi connectivity index (χ0n) is 12.3. The number of ether oxygens (including phenoxy) is 2. The van der Waals surface area contributed by atoms with E-state index in [0.29, 0.717) is 24.7 Å². The lowest BCUT2D eigenvalue weighted by atomic mass is 10.2. The minimum absolute atomic E-state index is 0.327. The summed E-state index contributed by atoms with van der Waals surface area (Å²) in [6.07, 6.45) is 1.69. The summed E-state index contributed by atoms with van der Waals surface area (Å²) >= 11 is 0. The van der Waals surface area contributed by atoms with Gasteiger partial charge in [0.2, 0.25) is 0 Å². The van der Waals surface area contributed by atoms with E-state index >= 15 is 0 Å². The molecule has 0 aliphatic heterocycles. The van der Waals surface area contributed by atoms with Crippen molar-refractivity contribution in [2.75, 3.05) is 27.4 Å². The van der Waals surface area contributed by atoms with Crippen LogP contribution in [0.4, 0.5) is 0 Å². The molecule has 0 saturated heterocycles. The zero-order chi connectivity index (χ0) is 15.0. The van der Waals surface area contributed by atoms with Gasteiger partial charge in [0.05, 0.1) is 27.4 Å². The molecule has 0 amide bonds. The Bertz CT molecular complexity index is 488. The van der Waals surface area contributed by atoms with Gasteiger partial charge < -0.3 is 18.5 Å². The van der Waals surface area contributed by atoms with E-state index in [9.17, 15) is 4.57 Å². The molecule has 5 nitrogen and oxygen atoms in total. The summed E-state index contributed by atoms with van der Waals surface area (Å²) in [6.45, 7) is 4.20. The van der Waals surface area contributed by atoms with E-state index in [4.69, 9.17) is 18.5 Å². The number of methoxy groups -OCH3 is 2. The summed E-state index contributed by atoms with van der Waals surface area (Å²) < 4.78 is 33.0. The maximum absolute atomic E-state index is 12.3. The highest BCUT2D eigenvalue weighted by Gasteiger charge is 2.18. The third kappa shape index (κ3) is 4.67. The number of benzene rings is 1. The molecule has 1 aromatic carbocycles. The van der Waals surface area contributed by atoms with Crippen LogP contribution in [-0.2, 0) is 13.6 Å². The first-order chi connectivity index (χ1) is 9.58. The molecule has 0 radical (unpaired) electrons. The van der Waals surface area contributed by atoms with Crippen molar-refractivity contribution in [3.05, 3.63) is 29.6 Å². The van der Waals surface area contributed by atoms with E-state index in [1.165, 1.54) is 5.82 Å². The van der Waals surface area contributed by atoms with Crippen molar-refractivity contribution in [1.82, 2.24) is 0 Å². The number of hydrogen-bond donors (Lipinski definition) is 0. The van der Waals surface area contributed by atoms with Crippen LogP contribution in [0.5, 0.6) is 11.5 Å². The summed E-state index contributed by atoms with van der Waals surface area (Å²) in [5.74, 6) is 2.71. The Kier molecular flexibility index (Phi) is 6.79. The van der Waals surface area contributed by atoms with Gasteiger partial charge in [0, 0.05) is 5.82 Å². The SMILES string of the molecule is CCOP(=O)(C=Cc1ccc(OC)c(OC)c1)OCC. The fraction of sp³-hybridized carbons (Fsp3) is 0.429. The quantitative estimate of drug-likeness (QED) is 0.681. The first-order valence-corrected chi connectivity index (χ1v) is 7.99. The molecule has 0 atom stereocenters. The van der Waals surface area contributed by atoms with Gasteiger partial charge in [-0.3, -0.25) is 4.57 Å². The third-order valence-electron chi connectivity index (χ3n) is 2.48. The maximum Gasteiger partial charge on any atom is 0.354 e. The largest absolute Gasteiger partial charge is 0.493 e. The van der Waals surface area contributed by atoms with Crippen molar-refractivity contribution in [2.24, 2.45) is 0 Å². The second kappa shape index (κ2) is 8.10. The Balaban J connectivity index is 2.96. The molecule has 0 spiro atoms. The molecule has 1 aromatic rings. The number of hydrogen-bond acceptors (Lipinski definition) is 5. The fourth-order valence-corrected chi connectivity index (χ4v) is 2.94. The molecule has 6 heteroatoms. The van der Waals surface area contributed by atoms with Crippen LogP contribution in [0.2, 0.25) is 0 Å². The normalized spacial score (nSPS) is 11.8. The van der Waals surface area contributed by atoms with Gasteiger partial charge in [0.25, 0.3) is 0 Å². The Morgan fingerprint density at radius 3 is 2.15 bits per heavy atom. The molecule has 0 aliphatic rings. The third-order valence-corrected chi connectivity index (χ3v) is 4.23. The van der Waals surface area contributed by atoms with Crippen LogP contribution in [0.25, 0.3) is 6.08 Å². The highest BCUT2D eigenvalue weighted by Crippen LogP contribution is 2.50. The second-order valence-corrected chi connectivity index (χ2v) is 5.70. The molecular weight excluding hydrogens is 279 g/mol. The topological polar surface area (TPSA) is 54.0 Å². The highest BCUT2D eigenvalue weighted by molar-refractivity contribution is 7.57. The van der Waals surface area contributed by atoms with Crippen molar-refractivity contribution < 1.29 is 23.1 Å². The van der Waals surface area contributed by atoms with Crippen molar-refractivity contribution in [3.63, 3.8) is 0 Å². The lowest BCUT2D eigenvalue weighted by molar-refractivity contribution is 0.229. The predicted molar refractivity (Wildman–Crippen MR) is 79.4 cm³/mol. The molecule has 0 aromatic heterocycles. The van der Waals surface area contributed by atoms with Gasteiger partial charge in [-0.2, -0.15) is 0 Å². The first-order valence-electron chi connectivity index (χ1n) is 6.38. The predicted octanol–water partition coefficient (Wildman–Crippen LogP) is 3.94. The van der Waals surface area contributed by atoms with Gasteiger partial charge in [0.1, 0.15) is 0 Å². The minimum atomic E-state index is -3.18. The Hall–Kier alpha value is -1.29. The molecule has 0 aliphatic carbocycles. The lowest BCUT2D eigenvalue weighted by Crippen LogP contribution is -1.93. The molecule has 0 fully saturated rings. The molecule has 0 unspecified atom stereocenters. The average molecular weight is 300 g/mol. The zero-order valence-corrected chi connectivity index (χ0v) is 13.2. The van der Waals surface area contributed by atoms with Crippen molar-refractivity contribution in [1.29, 1.82) is 0 Å². The molecule has 0 heterocycles. The van der Waals surface area contributed by atoms with Crippen LogP contribution in [0, 0.1) is 0 Å². The first kappa shape index (κ1) is 16.8. The van der Waals surface area contributed by atoms with Gasteiger partial charge >= 0.3 is 7.60 Å². The molecule has 20 heavy (non-hydrogen) atoms. The Morgan fingerprint density at radius 2 is 1.65 bits per heavy atom. The fourth-order valence-electron chi connectivity index (χ4n) is 1.62. The smallest absolute Gasteiger partial charge is 0.354 e. The summed E-state index contributed by atoms with van der Waals surface area (Å²) in [4.78, 5) is 0. The van der Waals surface area contributed by atoms with E-state index in [2.05, 4.69) is 0 Å². The molecule has 1 rings (SSSR count). The highest BCUT2D eigenvalue weighted by atomic mass is 31.2. The summed E-state index contributed by atoms with van der Waals surface area (Å²) in [5.41, 5.74) is 0.822. The van der Waals surface area contributed by atoms with Crippen LogP contribution in [0.15, 0.2) is 24.0 Å². The van der Waals surface area contributed by atoms with Crippen molar-refractivity contribution in [2.45, 2.75) is 13.8 Å². The van der Waals surface area contributed by atoms with Gasteiger partial charge in [-0.25, -0.2) is 0 Å². The molecule has 112 valence electrons. The molecule has 0 N–H and O–H groups in total. The summed E-state index contributed by atoms with van der Waals surface area (Å²) in [6, 6.07) is 5.41. The van der Waals surface area contributed by atoms with Gasteiger partial charge in [-0.1, -0.05) is 6.07 Å². The summed E-state index contributed by atoms with van der Waals surface area (Å²) in [7, 11) is -0.0385. The maximum atomic E-state index is 12.3. The standard InChI is InChI=1S/C14H21O5P/c1-5-18-20(15,19-6-2)10-9-12-7-8-13(16-3)14(11-12)17-4/h7-11H,5-6H2,1-4H3. The van der Waals surface area contributed by atoms with Gasteiger partial charge in [-0.05, 0) is 37.6 Å². The second-order valence-electron chi connectivity index (χ2n) is 3.81. The van der Waals surface area contributed by atoms with Crippen LogP contribution in [-0.4, -0.2) is 27.4 Å². The van der Waals surface area contributed by atoms with Crippen LogP contribution in [0.3, 0.4) is 0 Å².